The third kappa shape index (κ3) is 3.39. The molecule has 0 aliphatic heterocycles. The lowest BCUT2D eigenvalue weighted by atomic mass is 10.3. The Morgan fingerprint density at radius 1 is 1.30 bits per heavy atom. The minimum Gasteiger partial charge on any atom is -0.494 e. The average molecular weight is 277 g/mol. The highest BCUT2D eigenvalue weighted by molar-refractivity contribution is 5.43. The van der Waals surface area contributed by atoms with Crippen molar-refractivity contribution in [2.24, 2.45) is 0 Å². The molecular weight excluding hydrogens is 258 g/mol. The standard InChI is InChI=1S/C13H19N5O2/c1-3-20-11-6-4-10(5-7-11)18-12(14)16-13(17-18)15-8-9-19-2/h4-7H,3,8-9H2,1-2H3,(H3,14,15,16,17). The summed E-state index contributed by atoms with van der Waals surface area (Å²) in [7, 11) is 1.64. The first-order valence-electron chi connectivity index (χ1n) is 6.43. The average Bonchev–Trinajstić information content (AvgIpc) is 2.82. The van der Waals surface area contributed by atoms with E-state index < -0.39 is 0 Å². The molecule has 7 nitrogen and oxygen atoms in total. The number of benzene rings is 1. The predicted molar refractivity (Wildman–Crippen MR) is 77.3 cm³/mol. The molecule has 20 heavy (non-hydrogen) atoms. The van der Waals surface area contributed by atoms with Crippen LogP contribution in [0.15, 0.2) is 24.3 Å². The Labute approximate surface area is 117 Å². The second-order valence-electron chi connectivity index (χ2n) is 4.05. The number of aromatic nitrogens is 3. The van der Waals surface area contributed by atoms with Gasteiger partial charge in [-0.25, -0.2) is 0 Å². The Kier molecular flexibility index (Phi) is 4.78. The summed E-state index contributed by atoms with van der Waals surface area (Å²) >= 11 is 0. The van der Waals surface area contributed by atoms with Crippen LogP contribution in [0.1, 0.15) is 6.92 Å². The van der Waals surface area contributed by atoms with Gasteiger partial charge in [0.25, 0.3) is 0 Å². The van der Waals surface area contributed by atoms with Crippen LogP contribution < -0.4 is 15.8 Å². The molecular formula is C13H19N5O2. The van der Waals surface area contributed by atoms with Crippen LogP contribution in [-0.2, 0) is 4.74 Å². The van der Waals surface area contributed by atoms with Crippen molar-refractivity contribution in [3.05, 3.63) is 24.3 Å². The first-order valence-corrected chi connectivity index (χ1v) is 6.43. The molecule has 1 aromatic carbocycles. The largest absolute Gasteiger partial charge is 0.494 e. The van der Waals surface area contributed by atoms with Gasteiger partial charge in [-0.3, -0.25) is 0 Å². The minimum absolute atomic E-state index is 0.328. The van der Waals surface area contributed by atoms with Crippen molar-refractivity contribution in [3.8, 4) is 11.4 Å². The first-order chi connectivity index (χ1) is 9.74. The van der Waals surface area contributed by atoms with Gasteiger partial charge >= 0.3 is 0 Å². The summed E-state index contributed by atoms with van der Waals surface area (Å²) in [6, 6.07) is 7.51. The number of anilines is 2. The number of nitrogens with one attached hydrogen (secondary N) is 1. The Morgan fingerprint density at radius 3 is 2.70 bits per heavy atom. The molecule has 3 N–H and O–H groups in total. The van der Waals surface area contributed by atoms with Gasteiger partial charge in [0, 0.05) is 13.7 Å². The number of nitrogen functional groups attached to an aromatic ring is 1. The number of hydrogen-bond donors (Lipinski definition) is 2. The summed E-state index contributed by atoms with van der Waals surface area (Å²) in [4.78, 5) is 4.15. The lowest BCUT2D eigenvalue weighted by molar-refractivity contribution is 0.210. The molecule has 2 aromatic rings. The van der Waals surface area contributed by atoms with Gasteiger partial charge in [0.2, 0.25) is 11.9 Å². The minimum atomic E-state index is 0.328. The van der Waals surface area contributed by atoms with Crippen molar-refractivity contribution in [3.63, 3.8) is 0 Å². The van der Waals surface area contributed by atoms with Gasteiger partial charge in [-0.1, -0.05) is 0 Å². The topological polar surface area (TPSA) is 87.2 Å². The van der Waals surface area contributed by atoms with Crippen LogP contribution >= 0.6 is 0 Å². The van der Waals surface area contributed by atoms with Crippen LogP contribution in [0.3, 0.4) is 0 Å². The molecule has 1 heterocycles. The molecule has 2 rings (SSSR count). The zero-order valence-corrected chi connectivity index (χ0v) is 11.7. The summed E-state index contributed by atoms with van der Waals surface area (Å²) in [5, 5.41) is 7.34. The molecule has 0 unspecified atom stereocenters. The Balaban J connectivity index is 2.11. The van der Waals surface area contributed by atoms with Gasteiger partial charge < -0.3 is 20.5 Å². The van der Waals surface area contributed by atoms with Crippen molar-refractivity contribution in [2.75, 3.05) is 37.9 Å². The van der Waals surface area contributed by atoms with E-state index in [0.717, 1.165) is 11.4 Å². The monoisotopic (exact) mass is 277 g/mol. The van der Waals surface area contributed by atoms with Crippen LogP contribution in [0.25, 0.3) is 5.69 Å². The predicted octanol–water partition coefficient (Wildman–Crippen LogP) is 1.31. The van der Waals surface area contributed by atoms with Crippen molar-refractivity contribution in [1.29, 1.82) is 0 Å². The highest BCUT2D eigenvalue weighted by atomic mass is 16.5. The highest BCUT2D eigenvalue weighted by Gasteiger charge is 2.08. The molecule has 0 spiro atoms. The lowest BCUT2D eigenvalue weighted by Crippen LogP contribution is -2.09. The zero-order chi connectivity index (χ0) is 14.4. The summed E-state index contributed by atoms with van der Waals surface area (Å²) < 4.78 is 11.9. The normalized spacial score (nSPS) is 10.5. The molecule has 0 aliphatic rings. The van der Waals surface area contributed by atoms with Crippen molar-refractivity contribution < 1.29 is 9.47 Å². The molecule has 0 aliphatic carbocycles. The van der Waals surface area contributed by atoms with E-state index in [-0.39, 0.29) is 0 Å². The molecule has 0 fully saturated rings. The summed E-state index contributed by atoms with van der Waals surface area (Å²) in [6.45, 7) is 3.79. The molecule has 0 bridgehead atoms. The van der Waals surface area contributed by atoms with E-state index in [1.165, 1.54) is 0 Å². The second-order valence-corrected chi connectivity index (χ2v) is 4.05. The fraction of sp³-hybridized carbons (Fsp3) is 0.385. The van der Waals surface area contributed by atoms with E-state index in [4.69, 9.17) is 15.2 Å². The van der Waals surface area contributed by atoms with Crippen LogP contribution in [0, 0.1) is 0 Å². The number of ether oxygens (including phenoxy) is 2. The van der Waals surface area contributed by atoms with Crippen LogP contribution in [0.5, 0.6) is 5.75 Å². The maximum Gasteiger partial charge on any atom is 0.244 e. The number of nitrogens with zero attached hydrogens (tertiary/aromatic N) is 3. The van der Waals surface area contributed by atoms with Crippen LogP contribution in [-0.4, -0.2) is 41.6 Å². The second kappa shape index (κ2) is 6.76. The van der Waals surface area contributed by atoms with Gasteiger partial charge in [-0.15, -0.1) is 5.10 Å². The van der Waals surface area contributed by atoms with Gasteiger partial charge in [0.15, 0.2) is 0 Å². The maximum atomic E-state index is 5.86. The van der Waals surface area contributed by atoms with Gasteiger partial charge in [0.1, 0.15) is 5.75 Å². The SMILES string of the molecule is CCOc1ccc(-n2nc(NCCOC)nc2N)cc1. The summed E-state index contributed by atoms with van der Waals surface area (Å²) in [6.07, 6.45) is 0. The van der Waals surface area contributed by atoms with Crippen LogP contribution in [0.2, 0.25) is 0 Å². The Morgan fingerprint density at radius 2 is 2.05 bits per heavy atom. The number of methoxy groups -OCH3 is 1. The molecule has 1 aromatic heterocycles. The molecule has 0 saturated carbocycles. The number of hydrogen-bond acceptors (Lipinski definition) is 6. The van der Waals surface area contributed by atoms with E-state index in [1.54, 1.807) is 11.8 Å². The third-order valence-electron chi connectivity index (χ3n) is 2.61. The smallest absolute Gasteiger partial charge is 0.244 e. The first kappa shape index (κ1) is 14.1. The molecule has 0 amide bonds. The maximum absolute atomic E-state index is 5.86. The van der Waals surface area contributed by atoms with E-state index in [0.29, 0.717) is 31.7 Å². The van der Waals surface area contributed by atoms with Gasteiger partial charge in [-0.2, -0.15) is 9.67 Å². The Hall–Kier alpha value is -2.28. The fourth-order valence-corrected chi connectivity index (χ4v) is 1.70. The molecule has 7 heteroatoms. The number of nitrogens with two attached hydrogens (primary N) is 1. The molecule has 108 valence electrons. The van der Waals surface area contributed by atoms with Gasteiger partial charge in [0.05, 0.1) is 18.9 Å². The van der Waals surface area contributed by atoms with E-state index in [9.17, 15) is 0 Å². The summed E-state index contributed by atoms with van der Waals surface area (Å²) in [5.41, 5.74) is 6.69. The fourth-order valence-electron chi connectivity index (χ4n) is 1.70. The van der Waals surface area contributed by atoms with E-state index >= 15 is 0 Å². The molecule has 0 radical (unpaired) electrons. The third-order valence-corrected chi connectivity index (χ3v) is 2.61. The van der Waals surface area contributed by atoms with Crippen molar-refractivity contribution in [2.45, 2.75) is 6.92 Å². The lowest BCUT2D eigenvalue weighted by Gasteiger charge is -2.05. The highest BCUT2D eigenvalue weighted by Crippen LogP contribution is 2.17. The quantitative estimate of drug-likeness (QED) is 0.742. The van der Waals surface area contributed by atoms with E-state index in [2.05, 4.69) is 15.4 Å². The zero-order valence-electron chi connectivity index (χ0n) is 11.7. The van der Waals surface area contributed by atoms with E-state index in [1.807, 2.05) is 31.2 Å². The van der Waals surface area contributed by atoms with Crippen LogP contribution in [0.4, 0.5) is 11.9 Å². The molecule has 0 saturated heterocycles. The van der Waals surface area contributed by atoms with Crippen molar-refractivity contribution in [1.82, 2.24) is 14.8 Å². The Bertz CT molecular complexity index is 538. The molecule has 0 atom stereocenters. The van der Waals surface area contributed by atoms with Gasteiger partial charge in [-0.05, 0) is 31.2 Å². The number of rotatable bonds is 7. The van der Waals surface area contributed by atoms with Crippen molar-refractivity contribution >= 4 is 11.9 Å². The summed E-state index contributed by atoms with van der Waals surface area (Å²) in [5.74, 6) is 1.62.